The second-order valence-corrected chi connectivity index (χ2v) is 4.29. The number of methoxy groups -OCH3 is 1. The molecule has 15 heavy (non-hydrogen) atoms. The van der Waals surface area contributed by atoms with Crippen LogP contribution in [0, 0.1) is 0 Å². The third-order valence-corrected chi connectivity index (χ3v) is 2.90. The van der Waals surface area contributed by atoms with E-state index in [-0.39, 0.29) is 0 Å². The standard InChI is InChI=1S/C11H18N2OS/c1-13(7-8-15-3)9-5-4-6-10(14-2)11(9)12/h4-6H,7-8,12H2,1-3H3. The molecule has 4 heteroatoms. The Bertz CT molecular complexity index is 317. The molecule has 1 aromatic rings. The fourth-order valence-electron chi connectivity index (χ4n) is 1.39. The topological polar surface area (TPSA) is 38.5 Å². The van der Waals surface area contributed by atoms with Gasteiger partial charge in [-0.05, 0) is 18.4 Å². The summed E-state index contributed by atoms with van der Waals surface area (Å²) in [7, 11) is 3.68. The summed E-state index contributed by atoms with van der Waals surface area (Å²) in [5.41, 5.74) is 7.74. The van der Waals surface area contributed by atoms with Crippen molar-refractivity contribution in [2.24, 2.45) is 0 Å². The summed E-state index contributed by atoms with van der Waals surface area (Å²) >= 11 is 1.83. The van der Waals surface area contributed by atoms with Crippen molar-refractivity contribution in [2.75, 3.05) is 43.3 Å². The molecule has 0 fully saturated rings. The van der Waals surface area contributed by atoms with E-state index >= 15 is 0 Å². The Labute approximate surface area is 95.6 Å². The van der Waals surface area contributed by atoms with Crippen LogP contribution in [0.4, 0.5) is 11.4 Å². The molecule has 0 spiro atoms. The van der Waals surface area contributed by atoms with Gasteiger partial charge in [-0.1, -0.05) is 6.07 Å². The maximum absolute atomic E-state index is 5.99. The van der Waals surface area contributed by atoms with Crippen LogP contribution in [0.15, 0.2) is 18.2 Å². The number of hydrogen-bond donors (Lipinski definition) is 1. The first-order valence-electron chi connectivity index (χ1n) is 4.83. The Balaban J connectivity index is 2.83. The number of nitrogens with two attached hydrogens (primary N) is 1. The van der Waals surface area contributed by atoms with Crippen molar-refractivity contribution in [3.63, 3.8) is 0 Å². The number of ether oxygens (including phenoxy) is 1. The molecule has 0 aliphatic carbocycles. The van der Waals surface area contributed by atoms with Gasteiger partial charge in [0.2, 0.25) is 0 Å². The summed E-state index contributed by atoms with van der Waals surface area (Å²) in [6.45, 7) is 0.985. The van der Waals surface area contributed by atoms with Crippen LogP contribution in [0.2, 0.25) is 0 Å². The van der Waals surface area contributed by atoms with Gasteiger partial charge in [-0.15, -0.1) is 0 Å². The molecule has 0 aliphatic heterocycles. The van der Waals surface area contributed by atoms with E-state index in [9.17, 15) is 0 Å². The molecule has 0 radical (unpaired) electrons. The van der Waals surface area contributed by atoms with Crippen LogP contribution in [0.1, 0.15) is 0 Å². The lowest BCUT2D eigenvalue weighted by atomic mass is 10.2. The molecule has 2 N–H and O–H groups in total. The van der Waals surface area contributed by atoms with Gasteiger partial charge in [0.25, 0.3) is 0 Å². The van der Waals surface area contributed by atoms with Crippen molar-refractivity contribution in [1.82, 2.24) is 0 Å². The molecule has 3 nitrogen and oxygen atoms in total. The quantitative estimate of drug-likeness (QED) is 0.780. The van der Waals surface area contributed by atoms with E-state index in [1.54, 1.807) is 7.11 Å². The van der Waals surface area contributed by atoms with Gasteiger partial charge in [0.1, 0.15) is 5.75 Å². The smallest absolute Gasteiger partial charge is 0.143 e. The maximum atomic E-state index is 5.99. The van der Waals surface area contributed by atoms with E-state index in [2.05, 4.69) is 11.2 Å². The van der Waals surface area contributed by atoms with Crippen LogP contribution in [-0.2, 0) is 0 Å². The van der Waals surface area contributed by atoms with Gasteiger partial charge in [0.05, 0.1) is 18.5 Å². The lowest BCUT2D eigenvalue weighted by Gasteiger charge is -2.21. The zero-order chi connectivity index (χ0) is 11.3. The number of para-hydroxylation sites is 1. The third kappa shape index (κ3) is 2.96. The zero-order valence-corrected chi connectivity index (χ0v) is 10.3. The highest BCUT2D eigenvalue weighted by atomic mass is 32.2. The molecule has 0 heterocycles. The lowest BCUT2D eigenvalue weighted by Crippen LogP contribution is -2.21. The minimum absolute atomic E-state index is 0.712. The van der Waals surface area contributed by atoms with Crippen LogP contribution in [0.5, 0.6) is 5.75 Å². The average Bonchev–Trinajstić information content (AvgIpc) is 2.26. The molecule has 0 aliphatic rings. The largest absolute Gasteiger partial charge is 0.495 e. The molecule has 0 saturated heterocycles. The Morgan fingerprint density at radius 3 is 2.80 bits per heavy atom. The number of anilines is 2. The summed E-state index contributed by atoms with van der Waals surface area (Å²) in [5.74, 6) is 1.83. The van der Waals surface area contributed by atoms with Crippen molar-refractivity contribution in [3.8, 4) is 5.75 Å². The van der Waals surface area contributed by atoms with Crippen molar-refractivity contribution in [1.29, 1.82) is 0 Å². The summed E-state index contributed by atoms with van der Waals surface area (Å²) < 4.78 is 5.18. The van der Waals surface area contributed by atoms with E-state index in [0.29, 0.717) is 5.69 Å². The number of hydrogen-bond acceptors (Lipinski definition) is 4. The lowest BCUT2D eigenvalue weighted by molar-refractivity contribution is 0.417. The Kier molecular flexibility index (Phi) is 4.62. The number of rotatable bonds is 5. The van der Waals surface area contributed by atoms with Crippen LogP contribution in [-0.4, -0.2) is 32.7 Å². The molecule has 0 aromatic heterocycles. The minimum Gasteiger partial charge on any atom is -0.495 e. The number of nitrogen functional groups attached to an aromatic ring is 1. The summed E-state index contributed by atoms with van der Waals surface area (Å²) in [4.78, 5) is 2.15. The van der Waals surface area contributed by atoms with Gasteiger partial charge >= 0.3 is 0 Å². The molecule has 84 valence electrons. The van der Waals surface area contributed by atoms with Crippen molar-refractivity contribution < 1.29 is 4.74 Å². The molecule has 0 atom stereocenters. The predicted molar refractivity (Wildman–Crippen MR) is 69.1 cm³/mol. The van der Waals surface area contributed by atoms with Gasteiger partial charge < -0.3 is 15.4 Å². The number of thioether (sulfide) groups is 1. The first-order valence-corrected chi connectivity index (χ1v) is 6.22. The first kappa shape index (κ1) is 12.0. The molecule has 1 rings (SSSR count). The van der Waals surface area contributed by atoms with Crippen molar-refractivity contribution >= 4 is 23.1 Å². The maximum Gasteiger partial charge on any atom is 0.143 e. The van der Waals surface area contributed by atoms with Crippen molar-refractivity contribution in [3.05, 3.63) is 18.2 Å². The van der Waals surface area contributed by atoms with E-state index in [4.69, 9.17) is 10.5 Å². The zero-order valence-electron chi connectivity index (χ0n) is 9.49. The minimum atomic E-state index is 0.712. The predicted octanol–water partition coefficient (Wildman–Crippen LogP) is 2.08. The Hall–Kier alpha value is -1.03. The van der Waals surface area contributed by atoms with Gasteiger partial charge in [-0.3, -0.25) is 0 Å². The first-order chi connectivity index (χ1) is 7.20. The van der Waals surface area contributed by atoms with Crippen LogP contribution in [0.25, 0.3) is 0 Å². The second kappa shape index (κ2) is 5.75. The normalized spacial score (nSPS) is 10.1. The molecule has 0 saturated carbocycles. The molecular formula is C11H18N2OS. The Morgan fingerprint density at radius 1 is 1.47 bits per heavy atom. The summed E-state index contributed by atoms with van der Waals surface area (Å²) in [6, 6.07) is 5.85. The highest BCUT2D eigenvalue weighted by molar-refractivity contribution is 7.98. The second-order valence-electron chi connectivity index (χ2n) is 3.31. The number of benzene rings is 1. The average molecular weight is 226 g/mol. The highest BCUT2D eigenvalue weighted by Crippen LogP contribution is 2.31. The molecule has 0 amide bonds. The third-order valence-electron chi connectivity index (χ3n) is 2.31. The SMILES string of the molecule is COc1cccc(N(C)CCSC)c1N. The number of nitrogens with zero attached hydrogens (tertiary/aromatic N) is 1. The Morgan fingerprint density at radius 2 is 2.20 bits per heavy atom. The van der Waals surface area contributed by atoms with Gasteiger partial charge in [-0.2, -0.15) is 11.8 Å². The fourth-order valence-corrected chi connectivity index (χ4v) is 1.85. The van der Waals surface area contributed by atoms with E-state index in [1.165, 1.54) is 0 Å². The van der Waals surface area contributed by atoms with E-state index in [0.717, 1.165) is 23.7 Å². The monoisotopic (exact) mass is 226 g/mol. The van der Waals surface area contributed by atoms with E-state index < -0.39 is 0 Å². The fraction of sp³-hybridized carbons (Fsp3) is 0.455. The van der Waals surface area contributed by atoms with Gasteiger partial charge in [-0.25, -0.2) is 0 Å². The van der Waals surface area contributed by atoms with Crippen LogP contribution < -0.4 is 15.4 Å². The van der Waals surface area contributed by atoms with Crippen molar-refractivity contribution in [2.45, 2.75) is 0 Å². The van der Waals surface area contributed by atoms with Gasteiger partial charge in [0.15, 0.2) is 0 Å². The van der Waals surface area contributed by atoms with Gasteiger partial charge in [0, 0.05) is 19.3 Å². The molecule has 0 bridgehead atoms. The van der Waals surface area contributed by atoms with E-state index in [1.807, 2.05) is 37.0 Å². The summed E-state index contributed by atoms with van der Waals surface area (Å²) in [6.07, 6.45) is 2.10. The summed E-state index contributed by atoms with van der Waals surface area (Å²) in [5, 5.41) is 0. The highest BCUT2D eigenvalue weighted by Gasteiger charge is 2.08. The molecule has 0 unspecified atom stereocenters. The molecular weight excluding hydrogens is 208 g/mol. The van der Waals surface area contributed by atoms with Crippen LogP contribution >= 0.6 is 11.8 Å². The molecule has 1 aromatic carbocycles. The van der Waals surface area contributed by atoms with Crippen LogP contribution in [0.3, 0.4) is 0 Å².